The normalized spacial score (nSPS) is 23.0. The van der Waals surface area contributed by atoms with Crippen LogP contribution in [0.2, 0.25) is 0 Å². The van der Waals surface area contributed by atoms with E-state index in [0.717, 1.165) is 10.9 Å². The van der Waals surface area contributed by atoms with Gasteiger partial charge in [0.1, 0.15) is 15.9 Å². The Kier molecular flexibility index (Phi) is 3.47. The van der Waals surface area contributed by atoms with Gasteiger partial charge in [0, 0.05) is 13.6 Å². The van der Waals surface area contributed by atoms with Crippen molar-refractivity contribution in [1.29, 1.82) is 0 Å². The van der Waals surface area contributed by atoms with E-state index in [1.165, 1.54) is 16.9 Å². The van der Waals surface area contributed by atoms with Crippen molar-refractivity contribution < 1.29 is 0 Å². The van der Waals surface area contributed by atoms with E-state index in [1.807, 2.05) is 6.07 Å². The van der Waals surface area contributed by atoms with Crippen molar-refractivity contribution in [3.63, 3.8) is 0 Å². The molecule has 2 aliphatic heterocycles. The first-order chi connectivity index (χ1) is 10.7. The van der Waals surface area contributed by atoms with Crippen LogP contribution in [0.1, 0.15) is 5.56 Å². The molecule has 1 fully saturated rings. The molecule has 0 amide bonds. The van der Waals surface area contributed by atoms with Crippen molar-refractivity contribution in [2.75, 3.05) is 17.3 Å². The minimum absolute atomic E-state index is 0.243. The first kappa shape index (κ1) is 13.9. The van der Waals surface area contributed by atoms with E-state index in [-0.39, 0.29) is 11.5 Å². The van der Waals surface area contributed by atoms with E-state index >= 15 is 0 Å². The number of rotatable bonds is 2. The fourth-order valence-electron chi connectivity index (χ4n) is 3.16. The number of benzene rings is 2. The number of hydrogen-bond acceptors (Lipinski definition) is 4. The van der Waals surface area contributed by atoms with Crippen LogP contribution in [0.3, 0.4) is 0 Å². The summed E-state index contributed by atoms with van der Waals surface area (Å²) < 4.78 is 0.964. The lowest BCUT2D eigenvalue weighted by molar-refractivity contribution is 0.317. The zero-order valence-corrected chi connectivity index (χ0v) is 13.9. The molecule has 0 bridgehead atoms. The summed E-state index contributed by atoms with van der Waals surface area (Å²) in [5.41, 5.74) is 3.70. The van der Waals surface area contributed by atoms with Crippen LogP contribution < -0.4 is 10.2 Å². The molecule has 1 saturated heterocycles. The maximum atomic E-state index is 5.64. The van der Waals surface area contributed by atoms with Crippen molar-refractivity contribution >= 4 is 39.7 Å². The number of likely N-dealkylation sites (N-methyl/N-ethyl adjacent to an activating group) is 1. The molecule has 0 aliphatic carbocycles. The Morgan fingerprint density at radius 2 is 1.82 bits per heavy atom. The Morgan fingerprint density at radius 1 is 1.09 bits per heavy atom. The lowest BCUT2D eigenvalue weighted by Crippen LogP contribution is -2.53. The van der Waals surface area contributed by atoms with Crippen molar-refractivity contribution in [3.8, 4) is 0 Å². The first-order valence-corrected chi connectivity index (χ1v) is 8.62. The van der Waals surface area contributed by atoms with Crippen LogP contribution in [0, 0.1) is 0 Å². The zero-order valence-electron chi connectivity index (χ0n) is 12.3. The Morgan fingerprint density at radius 3 is 2.64 bits per heavy atom. The van der Waals surface area contributed by atoms with Crippen LogP contribution in [-0.2, 0) is 6.54 Å². The molecule has 0 saturated carbocycles. The molecule has 2 atom stereocenters. The molecule has 3 nitrogen and oxygen atoms in total. The van der Waals surface area contributed by atoms with Crippen molar-refractivity contribution in [2.24, 2.45) is 0 Å². The summed E-state index contributed by atoms with van der Waals surface area (Å²) in [7, 11) is 2.16. The van der Waals surface area contributed by atoms with Gasteiger partial charge in [0.15, 0.2) is 0 Å². The molecule has 1 N–H and O–H groups in total. The smallest absolute Gasteiger partial charge is 0.140 e. The Bertz CT molecular complexity index is 704. The predicted molar refractivity (Wildman–Crippen MR) is 98.2 cm³/mol. The number of hydrogen-bond donors (Lipinski definition) is 1. The van der Waals surface area contributed by atoms with E-state index in [9.17, 15) is 0 Å². The molecule has 0 spiro atoms. The summed E-state index contributed by atoms with van der Waals surface area (Å²) in [5, 5.41) is 3.90. The van der Waals surface area contributed by atoms with E-state index in [0.29, 0.717) is 0 Å². The third kappa shape index (κ3) is 2.25. The maximum absolute atomic E-state index is 5.64. The number of nitrogens with one attached hydrogen (secondary N) is 1. The molecule has 2 aliphatic rings. The fraction of sp³-hybridized carbons (Fsp3) is 0.235. The Balaban J connectivity index is 1.66. The van der Waals surface area contributed by atoms with E-state index < -0.39 is 0 Å². The van der Waals surface area contributed by atoms with Crippen LogP contribution in [0.4, 0.5) is 11.4 Å². The molecule has 4 rings (SSSR count). The number of thiocarbonyl (C=S) groups is 1. The molecule has 2 heterocycles. The standard InChI is InChI=1S/C17H17N3S2/c1-19-14-10-6-5-9-13(14)18-15-16(19)20(17(21)22-15)11-12-7-3-2-4-8-12/h2-10,15-16,18H,11H2,1H3. The van der Waals surface area contributed by atoms with E-state index in [2.05, 4.69) is 70.7 Å². The lowest BCUT2D eigenvalue weighted by atomic mass is 10.1. The highest BCUT2D eigenvalue weighted by Gasteiger charge is 2.44. The molecular formula is C17H17N3S2. The molecule has 2 aromatic carbocycles. The monoisotopic (exact) mass is 327 g/mol. The second kappa shape index (κ2) is 5.48. The summed E-state index contributed by atoms with van der Waals surface area (Å²) >= 11 is 7.39. The predicted octanol–water partition coefficient (Wildman–Crippen LogP) is 3.73. The average molecular weight is 327 g/mol. The third-order valence-electron chi connectivity index (χ3n) is 4.23. The van der Waals surface area contributed by atoms with Gasteiger partial charge in [0.05, 0.1) is 11.4 Å². The van der Waals surface area contributed by atoms with Gasteiger partial charge in [-0.15, -0.1) is 0 Å². The molecule has 2 aromatic rings. The zero-order chi connectivity index (χ0) is 15.1. The average Bonchev–Trinajstić information content (AvgIpc) is 2.85. The number of fused-ring (bicyclic) bond motifs is 2. The highest BCUT2D eigenvalue weighted by atomic mass is 32.2. The summed E-state index contributed by atoms with van der Waals surface area (Å²) in [6.45, 7) is 0.849. The molecular weight excluding hydrogens is 310 g/mol. The Labute approximate surface area is 140 Å². The second-order valence-electron chi connectivity index (χ2n) is 5.60. The summed E-state index contributed by atoms with van der Waals surface area (Å²) in [5.74, 6) is 0. The number of anilines is 2. The van der Waals surface area contributed by atoms with Gasteiger partial charge in [0.2, 0.25) is 0 Å². The summed E-state index contributed by atoms with van der Waals surface area (Å²) in [6, 6.07) is 19.0. The van der Waals surface area contributed by atoms with Crippen molar-refractivity contribution in [1.82, 2.24) is 4.90 Å². The van der Waals surface area contributed by atoms with Crippen LogP contribution >= 0.6 is 24.0 Å². The molecule has 5 heteroatoms. The second-order valence-corrected chi connectivity index (χ2v) is 7.38. The van der Waals surface area contributed by atoms with Crippen LogP contribution in [0.15, 0.2) is 54.6 Å². The van der Waals surface area contributed by atoms with Crippen molar-refractivity contribution in [3.05, 3.63) is 60.2 Å². The summed E-state index contributed by atoms with van der Waals surface area (Å²) in [4.78, 5) is 4.66. The van der Waals surface area contributed by atoms with Gasteiger partial charge in [-0.3, -0.25) is 0 Å². The largest absolute Gasteiger partial charge is 0.368 e. The fourth-order valence-corrected chi connectivity index (χ4v) is 4.81. The van der Waals surface area contributed by atoms with Gasteiger partial charge in [-0.1, -0.05) is 66.4 Å². The SMILES string of the molecule is CN1c2ccccc2NC2SC(=S)N(Cc3ccccc3)C21. The van der Waals surface area contributed by atoms with Gasteiger partial charge in [-0.2, -0.15) is 0 Å². The third-order valence-corrected chi connectivity index (χ3v) is 5.80. The van der Waals surface area contributed by atoms with Gasteiger partial charge in [-0.25, -0.2) is 0 Å². The number of para-hydroxylation sites is 2. The van der Waals surface area contributed by atoms with Gasteiger partial charge in [-0.05, 0) is 17.7 Å². The highest BCUT2D eigenvalue weighted by molar-refractivity contribution is 8.23. The van der Waals surface area contributed by atoms with Gasteiger partial charge < -0.3 is 15.1 Å². The number of nitrogens with zero attached hydrogens (tertiary/aromatic N) is 2. The van der Waals surface area contributed by atoms with Crippen molar-refractivity contribution in [2.45, 2.75) is 18.1 Å². The first-order valence-electron chi connectivity index (χ1n) is 7.33. The molecule has 2 unspecified atom stereocenters. The minimum atomic E-state index is 0.243. The molecule has 22 heavy (non-hydrogen) atoms. The van der Waals surface area contributed by atoms with Gasteiger partial charge >= 0.3 is 0 Å². The number of thioether (sulfide) groups is 1. The van der Waals surface area contributed by atoms with E-state index in [4.69, 9.17) is 12.2 Å². The van der Waals surface area contributed by atoms with Gasteiger partial charge in [0.25, 0.3) is 0 Å². The van der Waals surface area contributed by atoms with E-state index in [1.54, 1.807) is 11.8 Å². The maximum Gasteiger partial charge on any atom is 0.140 e. The topological polar surface area (TPSA) is 18.5 Å². The quantitative estimate of drug-likeness (QED) is 0.845. The highest BCUT2D eigenvalue weighted by Crippen LogP contribution is 2.43. The van der Waals surface area contributed by atoms with Crippen LogP contribution in [0.5, 0.6) is 0 Å². The summed E-state index contributed by atoms with van der Waals surface area (Å²) in [6.07, 6.45) is 0.243. The molecule has 112 valence electrons. The van der Waals surface area contributed by atoms with Crippen LogP contribution in [-0.4, -0.2) is 27.8 Å². The molecule has 0 radical (unpaired) electrons. The Hall–Kier alpha value is -1.72. The molecule has 0 aromatic heterocycles. The minimum Gasteiger partial charge on any atom is -0.368 e. The van der Waals surface area contributed by atoms with Crippen LogP contribution in [0.25, 0.3) is 0 Å². The lowest BCUT2D eigenvalue weighted by Gasteiger charge is -2.42.